The van der Waals surface area contributed by atoms with Gasteiger partial charge < -0.3 is 20.2 Å². The van der Waals surface area contributed by atoms with Gasteiger partial charge in [0.1, 0.15) is 5.69 Å². The molecule has 0 aliphatic carbocycles. The molecule has 25 heavy (non-hydrogen) atoms. The third-order valence-corrected chi connectivity index (χ3v) is 3.39. The van der Waals surface area contributed by atoms with Gasteiger partial charge in [0.05, 0.1) is 5.69 Å². The predicted molar refractivity (Wildman–Crippen MR) is 90.8 cm³/mol. The summed E-state index contributed by atoms with van der Waals surface area (Å²) in [6.07, 6.45) is -1.02. The maximum atomic E-state index is 12.3. The van der Waals surface area contributed by atoms with E-state index >= 15 is 0 Å². The molecule has 0 aliphatic rings. The van der Waals surface area contributed by atoms with Crippen molar-refractivity contribution in [3.05, 3.63) is 57.8 Å². The number of Topliss-reactive ketones (excluding diaryl/α,β-unsaturated/α-hetero) is 1. The fourth-order valence-electron chi connectivity index (χ4n) is 2.13. The first kappa shape index (κ1) is 18.1. The molecular weight excluding hydrogens is 326 g/mol. The maximum Gasteiger partial charge on any atom is 0.406 e. The second-order valence-corrected chi connectivity index (χ2v) is 5.38. The molecule has 1 heterocycles. The van der Waals surface area contributed by atoms with Gasteiger partial charge in [0, 0.05) is 12.5 Å². The third kappa shape index (κ3) is 4.37. The summed E-state index contributed by atoms with van der Waals surface area (Å²) in [6.45, 7) is 4.47. The molecule has 1 atom stereocenters. The van der Waals surface area contributed by atoms with Gasteiger partial charge in [-0.3, -0.25) is 9.59 Å². The van der Waals surface area contributed by atoms with E-state index in [1.54, 1.807) is 37.3 Å². The molecule has 0 fully saturated rings. The minimum absolute atomic E-state index is 0.0990. The zero-order valence-electron chi connectivity index (χ0n) is 14.0. The number of rotatable bonds is 6. The van der Waals surface area contributed by atoms with Crippen molar-refractivity contribution in [3.63, 3.8) is 0 Å². The van der Waals surface area contributed by atoms with Gasteiger partial charge in [-0.05, 0) is 48.0 Å². The van der Waals surface area contributed by atoms with Crippen LogP contribution in [0.2, 0.25) is 0 Å². The van der Waals surface area contributed by atoms with Crippen molar-refractivity contribution in [3.8, 4) is 5.75 Å². The molecule has 1 aromatic heterocycles. The van der Waals surface area contributed by atoms with Crippen LogP contribution in [-0.2, 0) is 4.79 Å². The first-order valence-electron chi connectivity index (χ1n) is 7.49. The van der Waals surface area contributed by atoms with E-state index in [2.05, 4.69) is 10.3 Å². The Labute approximate surface area is 144 Å². The molecule has 1 amide bonds. The number of carbonyl (C=O) groups is 2. The van der Waals surface area contributed by atoms with Crippen molar-refractivity contribution in [2.24, 2.45) is 0 Å². The summed E-state index contributed by atoms with van der Waals surface area (Å²) in [6, 6.07) is 9.51. The van der Waals surface area contributed by atoms with Crippen LogP contribution < -0.4 is 10.1 Å². The Morgan fingerprint density at radius 1 is 1.24 bits per heavy atom. The number of nitro groups is 1. The van der Waals surface area contributed by atoms with Crippen molar-refractivity contribution in [1.29, 1.82) is 0 Å². The molecule has 8 nitrogen and oxygen atoms in total. The van der Waals surface area contributed by atoms with Gasteiger partial charge in [-0.25, -0.2) is 0 Å². The second-order valence-electron chi connectivity index (χ2n) is 5.38. The number of anilines is 1. The molecule has 0 bridgehead atoms. The molecule has 1 aromatic carbocycles. The van der Waals surface area contributed by atoms with Gasteiger partial charge in [0.2, 0.25) is 5.75 Å². The van der Waals surface area contributed by atoms with Crippen molar-refractivity contribution < 1.29 is 19.2 Å². The average Bonchev–Trinajstić information content (AvgIpc) is 2.56. The maximum absolute atomic E-state index is 12.3. The lowest BCUT2D eigenvalue weighted by Crippen LogP contribution is -2.31. The predicted octanol–water partition coefficient (Wildman–Crippen LogP) is 2.91. The molecule has 8 heteroatoms. The van der Waals surface area contributed by atoms with Crippen LogP contribution in [0, 0.1) is 17.0 Å². The van der Waals surface area contributed by atoms with Crippen molar-refractivity contribution in [2.45, 2.75) is 26.9 Å². The van der Waals surface area contributed by atoms with E-state index in [1.165, 1.54) is 19.9 Å². The Hall–Kier alpha value is -3.29. The molecule has 0 saturated carbocycles. The number of hydrogen-bond acceptors (Lipinski definition) is 6. The number of nitrogens with zero attached hydrogens (tertiary/aromatic N) is 2. The number of benzene rings is 1. The Morgan fingerprint density at radius 3 is 2.56 bits per heavy atom. The van der Waals surface area contributed by atoms with Gasteiger partial charge in [-0.2, -0.15) is 0 Å². The van der Waals surface area contributed by atoms with E-state index in [4.69, 9.17) is 4.74 Å². The lowest BCUT2D eigenvalue weighted by atomic mass is 10.1. The van der Waals surface area contributed by atoms with Gasteiger partial charge >= 0.3 is 5.82 Å². The average molecular weight is 343 g/mol. The largest absolute Gasteiger partial charge is 0.473 e. The second kappa shape index (κ2) is 7.52. The fraction of sp³-hybridized carbons (Fsp3) is 0.235. The molecule has 0 spiro atoms. The molecule has 0 radical (unpaired) electrons. The Balaban J connectivity index is 2.17. The molecule has 2 aromatic rings. The van der Waals surface area contributed by atoms with Crippen LogP contribution in [0.25, 0.3) is 0 Å². The quantitative estimate of drug-likeness (QED) is 0.490. The molecule has 130 valence electrons. The number of aromatic nitrogens is 1. The highest BCUT2D eigenvalue weighted by Gasteiger charge is 2.23. The van der Waals surface area contributed by atoms with Crippen LogP contribution in [0.3, 0.4) is 0 Å². The number of aryl methyl sites for hydroxylation is 1. The first-order valence-corrected chi connectivity index (χ1v) is 7.49. The minimum Gasteiger partial charge on any atom is -0.473 e. The number of nitrogens with one attached hydrogen (secondary N) is 1. The summed E-state index contributed by atoms with van der Waals surface area (Å²) >= 11 is 0. The lowest BCUT2D eigenvalue weighted by Gasteiger charge is -2.15. The lowest BCUT2D eigenvalue weighted by molar-refractivity contribution is -0.390. The normalized spacial score (nSPS) is 11.5. The van der Waals surface area contributed by atoms with E-state index in [0.29, 0.717) is 16.9 Å². The Morgan fingerprint density at radius 2 is 1.92 bits per heavy atom. The van der Waals surface area contributed by atoms with E-state index < -0.39 is 22.8 Å². The highest BCUT2D eigenvalue weighted by molar-refractivity contribution is 6.04. The molecule has 0 saturated heterocycles. The molecule has 1 N–H and O–H groups in total. The highest BCUT2D eigenvalue weighted by atomic mass is 16.6. The summed E-state index contributed by atoms with van der Waals surface area (Å²) in [5.74, 6) is -1.28. The van der Waals surface area contributed by atoms with Crippen LogP contribution in [0.15, 0.2) is 36.4 Å². The van der Waals surface area contributed by atoms with Gasteiger partial charge in [0.25, 0.3) is 5.91 Å². The summed E-state index contributed by atoms with van der Waals surface area (Å²) in [5.41, 5.74) is 1.18. The molecule has 0 unspecified atom stereocenters. The third-order valence-electron chi connectivity index (χ3n) is 3.39. The Bertz CT molecular complexity index is 835. The molecule has 2 rings (SSSR count). The summed E-state index contributed by atoms with van der Waals surface area (Å²) in [5, 5.41) is 13.7. The van der Waals surface area contributed by atoms with Gasteiger partial charge in [-0.15, -0.1) is 0 Å². The van der Waals surface area contributed by atoms with Crippen LogP contribution in [0.1, 0.15) is 29.9 Å². The monoisotopic (exact) mass is 343 g/mol. The topological polar surface area (TPSA) is 111 Å². The van der Waals surface area contributed by atoms with Crippen molar-refractivity contribution in [1.82, 2.24) is 4.98 Å². The number of carbonyl (C=O) groups excluding carboxylic acids is 2. The van der Waals surface area contributed by atoms with E-state index in [9.17, 15) is 19.7 Å². The fourth-order valence-corrected chi connectivity index (χ4v) is 2.13. The van der Waals surface area contributed by atoms with E-state index in [0.717, 1.165) is 0 Å². The molecular formula is C17H17N3O5. The standard InChI is InChI=1S/C17H17N3O5/c1-10-8-9-15(16(18-10)20(23)24)25-12(3)17(22)19-14-7-5-4-6-13(14)11(2)21/h4-9,12H,1-3H3,(H,19,22)/t12-/m1/s1. The number of ether oxygens (including phenoxy) is 1. The Kier molecular flexibility index (Phi) is 5.43. The SMILES string of the molecule is CC(=O)c1ccccc1NC(=O)[C@@H](C)Oc1ccc(C)nc1[N+](=O)[O-]. The zero-order chi connectivity index (χ0) is 18.6. The van der Waals surface area contributed by atoms with Crippen LogP contribution >= 0.6 is 0 Å². The van der Waals surface area contributed by atoms with Crippen LogP contribution in [0.5, 0.6) is 5.75 Å². The summed E-state index contributed by atoms with van der Waals surface area (Å²) < 4.78 is 5.39. The summed E-state index contributed by atoms with van der Waals surface area (Å²) in [7, 11) is 0. The number of hydrogen-bond donors (Lipinski definition) is 1. The van der Waals surface area contributed by atoms with Crippen molar-refractivity contribution >= 4 is 23.2 Å². The van der Waals surface area contributed by atoms with Crippen LogP contribution in [0.4, 0.5) is 11.5 Å². The minimum atomic E-state index is -1.02. The zero-order valence-corrected chi connectivity index (χ0v) is 14.0. The number of para-hydroxylation sites is 1. The number of pyridine rings is 1. The smallest absolute Gasteiger partial charge is 0.406 e. The van der Waals surface area contributed by atoms with Gasteiger partial charge in [-0.1, -0.05) is 12.1 Å². The highest BCUT2D eigenvalue weighted by Crippen LogP contribution is 2.26. The summed E-state index contributed by atoms with van der Waals surface area (Å²) in [4.78, 5) is 38.1. The number of ketones is 1. The van der Waals surface area contributed by atoms with E-state index in [-0.39, 0.29) is 11.5 Å². The van der Waals surface area contributed by atoms with Crippen LogP contribution in [-0.4, -0.2) is 27.7 Å². The van der Waals surface area contributed by atoms with Gasteiger partial charge in [0.15, 0.2) is 11.9 Å². The number of amides is 1. The molecule has 0 aliphatic heterocycles. The first-order chi connectivity index (χ1) is 11.8. The van der Waals surface area contributed by atoms with E-state index in [1.807, 2.05) is 0 Å². The van der Waals surface area contributed by atoms with Crippen molar-refractivity contribution in [2.75, 3.05) is 5.32 Å².